The van der Waals surface area contributed by atoms with Crippen LogP contribution in [0.4, 0.5) is 0 Å². The lowest BCUT2D eigenvalue weighted by Crippen LogP contribution is -2.64. The van der Waals surface area contributed by atoms with Crippen molar-refractivity contribution in [2.24, 2.45) is 0 Å². The van der Waals surface area contributed by atoms with Gasteiger partial charge in [-0.05, 0) is 0 Å². The average Bonchev–Trinajstić information content (AvgIpc) is 2.55. The van der Waals surface area contributed by atoms with Crippen LogP contribution in [0.5, 0.6) is 0 Å². The molecule has 0 bridgehead atoms. The zero-order valence-corrected chi connectivity index (χ0v) is 12.0. The molecule has 0 radical (unpaired) electrons. The Morgan fingerprint density at radius 2 is 1.26 bits per heavy atom. The Morgan fingerprint density at radius 3 is 1.83 bits per heavy atom. The molecule has 0 spiro atoms. The topological polar surface area (TPSA) is 190 Å². The first kappa shape index (κ1) is 18.9. The highest BCUT2D eigenvalue weighted by Crippen LogP contribution is 2.28. The highest BCUT2D eigenvalue weighted by Gasteiger charge is 2.50. The third kappa shape index (κ3) is 3.65. The van der Waals surface area contributed by atoms with E-state index in [0.29, 0.717) is 0 Å². The lowest BCUT2D eigenvalue weighted by atomic mass is 9.97. The van der Waals surface area contributed by atoms with Gasteiger partial charge in [0.2, 0.25) is 0 Å². The first-order chi connectivity index (χ1) is 10.8. The maximum absolute atomic E-state index is 9.94. The fraction of sp³-hybridized carbons (Fsp3) is 1.00. The minimum atomic E-state index is -1.74. The molecule has 2 heterocycles. The predicted octanol–water partition coefficient (Wildman–Crippen LogP) is -5.40. The van der Waals surface area contributed by atoms with E-state index >= 15 is 0 Å². The molecule has 0 aromatic carbocycles. The van der Waals surface area contributed by atoms with E-state index in [1.165, 1.54) is 0 Å². The van der Waals surface area contributed by atoms with Crippen molar-refractivity contribution < 1.29 is 55.1 Å². The minimum absolute atomic E-state index is 0.667. The van der Waals surface area contributed by atoms with Crippen molar-refractivity contribution in [2.75, 3.05) is 13.2 Å². The third-order valence-electron chi connectivity index (χ3n) is 3.98. The Labute approximate surface area is 130 Å². The summed E-state index contributed by atoms with van der Waals surface area (Å²) >= 11 is 0. The molecule has 0 aromatic heterocycles. The van der Waals surface area contributed by atoms with E-state index in [1.807, 2.05) is 0 Å². The monoisotopic (exact) mass is 342 g/mol. The van der Waals surface area contributed by atoms with Crippen molar-refractivity contribution in [3.05, 3.63) is 0 Å². The molecule has 23 heavy (non-hydrogen) atoms. The molecule has 2 aliphatic heterocycles. The van der Waals surface area contributed by atoms with Gasteiger partial charge < -0.3 is 55.1 Å². The first-order valence-corrected chi connectivity index (χ1v) is 7.08. The second-order valence-electron chi connectivity index (χ2n) is 5.53. The lowest BCUT2D eigenvalue weighted by molar-refractivity contribution is -0.355. The van der Waals surface area contributed by atoms with Gasteiger partial charge in [-0.1, -0.05) is 0 Å². The van der Waals surface area contributed by atoms with Crippen molar-refractivity contribution in [1.82, 2.24) is 0 Å². The maximum Gasteiger partial charge on any atom is 0.187 e. The van der Waals surface area contributed by atoms with Crippen LogP contribution in [0.15, 0.2) is 0 Å². The van der Waals surface area contributed by atoms with E-state index in [9.17, 15) is 35.7 Å². The van der Waals surface area contributed by atoms with E-state index in [4.69, 9.17) is 19.3 Å². The standard InChI is InChI=1S/C12H22O11/c13-1-3-5(15)6(16)9(19)12(22-3)23-10-4(2-14)21-11(20)8(18)7(10)17/h3-20H,1-2H2/t3-,4+,5-,6-,7+,8+,9-,10+,11-,12+/m1/s1. The number of aliphatic hydroxyl groups excluding tert-OH is 8. The SMILES string of the molecule is OC[C@@H]1O[C@@H](O)[C@@H](O)[C@H](O)[C@H]1O[C@@H]1O[C@H](CO)[C@@H](O)[C@@H](O)[C@H]1O. The van der Waals surface area contributed by atoms with Gasteiger partial charge in [-0.15, -0.1) is 0 Å². The molecule has 0 unspecified atom stereocenters. The molecular formula is C12H22O11. The second kappa shape index (κ2) is 7.63. The summed E-state index contributed by atoms with van der Waals surface area (Å²) in [5.74, 6) is 0. The molecule has 136 valence electrons. The molecule has 11 nitrogen and oxygen atoms in total. The van der Waals surface area contributed by atoms with Crippen LogP contribution in [0.3, 0.4) is 0 Å². The quantitative estimate of drug-likeness (QED) is 0.243. The molecular weight excluding hydrogens is 320 g/mol. The van der Waals surface area contributed by atoms with Crippen LogP contribution >= 0.6 is 0 Å². The Kier molecular flexibility index (Phi) is 6.27. The summed E-state index contributed by atoms with van der Waals surface area (Å²) in [5.41, 5.74) is 0. The van der Waals surface area contributed by atoms with Gasteiger partial charge in [-0.25, -0.2) is 0 Å². The van der Waals surface area contributed by atoms with Gasteiger partial charge in [0.1, 0.15) is 48.8 Å². The summed E-state index contributed by atoms with van der Waals surface area (Å²) in [5, 5.41) is 76.5. The lowest BCUT2D eigenvalue weighted by Gasteiger charge is -2.45. The van der Waals surface area contributed by atoms with Crippen LogP contribution in [0.1, 0.15) is 0 Å². The van der Waals surface area contributed by atoms with E-state index in [0.717, 1.165) is 0 Å². The Bertz CT molecular complexity index is 378. The fourth-order valence-electron chi connectivity index (χ4n) is 2.57. The van der Waals surface area contributed by atoms with Crippen LogP contribution in [0.2, 0.25) is 0 Å². The first-order valence-electron chi connectivity index (χ1n) is 7.08. The van der Waals surface area contributed by atoms with Crippen molar-refractivity contribution in [3.63, 3.8) is 0 Å². The normalized spacial score (nSPS) is 51.7. The Hall–Kier alpha value is -0.440. The molecule has 0 saturated carbocycles. The van der Waals surface area contributed by atoms with Crippen molar-refractivity contribution >= 4 is 0 Å². The molecule has 2 aliphatic rings. The van der Waals surface area contributed by atoms with Gasteiger partial charge in [-0.2, -0.15) is 0 Å². The summed E-state index contributed by atoms with van der Waals surface area (Å²) in [4.78, 5) is 0. The van der Waals surface area contributed by atoms with Crippen LogP contribution in [-0.2, 0) is 14.2 Å². The van der Waals surface area contributed by atoms with E-state index in [-0.39, 0.29) is 0 Å². The van der Waals surface area contributed by atoms with Crippen molar-refractivity contribution in [2.45, 2.75) is 61.4 Å². The van der Waals surface area contributed by atoms with E-state index in [1.54, 1.807) is 0 Å². The van der Waals surface area contributed by atoms with Crippen molar-refractivity contribution in [3.8, 4) is 0 Å². The molecule has 0 aromatic rings. The average molecular weight is 342 g/mol. The Morgan fingerprint density at radius 1 is 0.652 bits per heavy atom. The van der Waals surface area contributed by atoms with Crippen LogP contribution in [0.25, 0.3) is 0 Å². The molecule has 0 aliphatic carbocycles. The van der Waals surface area contributed by atoms with Crippen LogP contribution in [-0.4, -0.2) is 115 Å². The molecule has 2 fully saturated rings. The van der Waals surface area contributed by atoms with Gasteiger partial charge >= 0.3 is 0 Å². The number of ether oxygens (including phenoxy) is 3. The number of hydrogen-bond acceptors (Lipinski definition) is 11. The van der Waals surface area contributed by atoms with Gasteiger partial charge in [0.05, 0.1) is 13.2 Å². The third-order valence-corrected chi connectivity index (χ3v) is 3.98. The fourth-order valence-corrected chi connectivity index (χ4v) is 2.57. The summed E-state index contributed by atoms with van der Waals surface area (Å²) in [6, 6.07) is 0. The van der Waals surface area contributed by atoms with Crippen LogP contribution in [0, 0.1) is 0 Å². The highest BCUT2D eigenvalue weighted by atomic mass is 16.7. The van der Waals surface area contributed by atoms with Crippen molar-refractivity contribution in [1.29, 1.82) is 0 Å². The van der Waals surface area contributed by atoms with E-state index < -0.39 is 74.6 Å². The van der Waals surface area contributed by atoms with Crippen LogP contribution < -0.4 is 0 Å². The molecule has 2 saturated heterocycles. The predicted molar refractivity (Wildman–Crippen MR) is 68.6 cm³/mol. The molecule has 10 atom stereocenters. The molecule has 8 N–H and O–H groups in total. The number of aliphatic hydroxyl groups is 8. The van der Waals surface area contributed by atoms with Gasteiger partial charge in [0, 0.05) is 0 Å². The number of hydrogen-bond donors (Lipinski definition) is 8. The zero-order chi connectivity index (χ0) is 17.3. The zero-order valence-electron chi connectivity index (χ0n) is 12.0. The smallest absolute Gasteiger partial charge is 0.187 e. The Balaban J connectivity index is 2.11. The largest absolute Gasteiger partial charge is 0.394 e. The molecule has 11 heteroatoms. The second-order valence-corrected chi connectivity index (χ2v) is 5.53. The maximum atomic E-state index is 9.94. The van der Waals surface area contributed by atoms with E-state index in [2.05, 4.69) is 0 Å². The molecule has 0 amide bonds. The summed E-state index contributed by atoms with van der Waals surface area (Å²) in [6.07, 6.45) is -15.6. The summed E-state index contributed by atoms with van der Waals surface area (Å²) in [6.45, 7) is -1.35. The number of rotatable bonds is 4. The molecule has 2 rings (SSSR count). The van der Waals surface area contributed by atoms with Gasteiger partial charge in [0.25, 0.3) is 0 Å². The summed E-state index contributed by atoms with van der Waals surface area (Å²) in [7, 11) is 0. The summed E-state index contributed by atoms with van der Waals surface area (Å²) < 4.78 is 15.3. The van der Waals surface area contributed by atoms with Gasteiger partial charge in [0.15, 0.2) is 12.6 Å². The van der Waals surface area contributed by atoms with Gasteiger partial charge in [-0.3, -0.25) is 0 Å². The minimum Gasteiger partial charge on any atom is -0.394 e. The highest BCUT2D eigenvalue weighted by molar-refractivity contribution is 4.93.